The first-order valence-corrected chi connectivity index (χ1v) is 7.76. The molecule has 0 aromatic carbocycles. The number of hydrogen-bond donors (Lipinski definition) is 1. The largest absolute Gasteiger partial charge is 0.453 e. The van der Waals surface area contributed by atoms with Gasteiger partial charge in [-0.2, -0.15) is 22.7 Å². The molecule has 0 bridgehead atoms. The summed E-state index contributed by atoms with van der Waals surface area (Å²) in [6.45, 7) is 7.51. The summed E-state index contributed by atoms with van der Waals surface area (Å²) in [5.74, 6) is -0.864. The summed E-state index contributed by atoms with van der Waals surface area (Å²) in [5.41, 5.74) is 0.561. The molecule has 1 unspecified atom stereocenters. The van der Waals surface area contributed by atoms with Crippen molar-refractivity contribution in [1.29, 1.82) is 0 Å². The molecule has 1 aliphatic rings. The summed E-state index contributed by atoms with van der Waals surface area (Å²) >= 11 is 0. The Morgan fingerprint density at radius 2 is 2.17 bits per heavy atom. The van der Waals surface area contributed by atoms with E-state index in [0.29, 0.717) is 24.7 Å². The van der Waals surface area contributed by atoms with Crippen LogP contribution < -0.4 is 5.32 Å². The highest BCUT2D eigenvalue weighted by molar-refractivity contribution is 5.45. The summed E-state index contributed by atoms with van der Waals surface area (Å²) in [7, 11) is 0. The van der Waals surface area contributed by atoms with Crippen LogP contribution in [-0.2, 0) is 10.9 Å². The van der Waals surface area contributed by atoms with E-state index in [4.69, 9.17) is 4.74 Å². The van der Waals surface area contributed by atoms with Crippen molar-refractivity contribution in [3.05, 3.63) is 17.6 Å². The van der Waals surface area contributed by atoms with Crippen LogP contribution in [0.15, 0.2) is 6.07 Å². The van der Waals surface area contributed by atoms with Crippen molar-refractivity contribution >= 4 is 11.6 Å². The first-order valence-electron chi connectivity index (χ1n) is 7.76. The van der Waals surface area contributed by atoms with Gasteiger partial charge >= 0.3 is 6.18 Å². The number of hydrogen-bond acceptors (Lipinski definition) is 6. The van der Waals surface area contributed by atoms with E-state index in [1.54, 1.807) is 13.0 Å². The van der Waals surface area contributed by atoms with E-state index in [1.807, 2.05) is 0 Å². The molecule has 0 spiro atoms. The van der Waals surface area contributed by atoms with Crippen LogP contribution in [0.1, 0.15) is 18.4 Å². The van der Waals surface area contributed by atoms with Gasteiger partial charge in [-0.1, -0.05) is 6.92 Å². The van der Waals surface area contributed by atoms with Crippen LogP contribution in [-0.4, -0.2) is 63.4 Å². The zero-order chi connectivity index (χ0) is 17.3. The number of aromatic nitrogens is 4. The second kappa shape index (κ2) is 6.52. The van der Waals surface area contributed by atoms with Gasteiger partial charge in [0.25, 0.3) is 11.6 Å². The number of ether oxygens (including phenoxy) is 1. The summed E-state index contributed by atoms with van der Waals surface area (Å²) < 4.78 is 45.2. The number of anilines is 1. The lowest BCUT2D eigenvalue weighted by Gasteiger charge is -2.32. The maximum Gasteiger partial charge on any atom is 0.453 e. The molecule has 3 rings (SSSR count). The van der Waals surface area contributed by atoms with E-state index >= 15 is 0 Å². The molecule has 2 aromatic heterocycles. The number of halogens is 3. The fourth-order valence-corrected chi connectivity index (χ4v) is 2.64. The monoisotopic (exact) mass is 344 g/mol. The molecule has 1 atom stereocenters. The Morgan fingerprint density at radius 1 is 1.38 bits per heavy atom. The second-order valence-electron chi connectivity index (χ2n) is 5.69. The van der Waals surface area contributed by atoms with E-state index in [-0.39, 0.29) is 11.9 Å². The van der Waals surface area contributed by atoms with Crippen molar-refractivity contribution < 1.29 is 17.9 Å². The molecule has 0 saturated carbocycles. The molecule has 1 saturated heterocycles. The number of aryl methyl sites for hydroxylation is 1. The predicted octanol–water partition coefficient (Wildman–Crippen LogP) is 1.58. The smallest absolute Gasteiger partial charge is 0.374 e. The topological polar surface area (TPSA) is 67.6 Å². The van der Waals surface area contributed by atoms with Crippen molar-refractivity contribution in [2.75, 3.05) is 38.1 Å². The SMILES string of the molecule is CCN1CCOC(CNc2cc(C)nc3nc(C(F)(F)F)nn23)C1. The minimum atomic E-state index is -4.60. The van der Waals surface area contributed by atoms with Gasteiger partial charge in [0, 0.05) is 31.4 Å². The standard InChI is InChI=1S/C14H19F3N6O/c1-3-22-4-5-24-10(8-22)7-18-11-6-9(2)19-13-20-12(14(15,16)17)21-23(11)13/h6,10,18H,3-5,7-8H2,1-2H3. The molecular weight excluding hydrogens is 325 g/mol. The molecule has 132 valence electrons. The lowest BCUT2D eigenvalue weighted by Crippen LogP contribution is -2.45. The highest BCUT2D eigenvalue weighted by Gasteiger charge is 2.36. The molecule has 7 nitrogen and oxygen atoms in total. The lowest BCUT2D eigenvalue weighted by atomic mass is 10.2. The van der Waals surface area contributed by atoms with Gasteiger partial charge in [-0.25, -0.2) is 4.98 Å². The molecular formula is C14H19F3N6O. The minimum Gasteiger partial charge on any atom is -0.374 e. The Labute approximate surface area is 136 Å². The zero-order valence-electron chi connectivity index (χ0n) is 13.5. The Hall–Kier alpha value is -1.94. The van der Waals surface area contributed by atoms with E-state index in [2.05, 4.69) is 32.2 Å². The number of alkyl halides is 3. The van der Waals surface area contributed by atoms with Crippen LogP contribution in [0.3, 0.4) is 0 Å². The molecule has 0 radical (unpaired) electrons. The molecule has 24 heavy (non-hydrogen) atoms. The van der Waals surface area contributed by atoms with Crippen LogP contribution in [0.4, 0.5) is 19.0 Å². The maximum absolute atomic E-state index is 12.8. The summed E-state index contributed by atoms with van der Waals surface area (Å²) in [6.07, 6.45) is -4.64. The van der Waals surface area contributed by atoms with Gasteiger partial charge in [0.15, 0.2) is 0 Å². The highest BCUT2D eigenvalue weighted by atomic mass is 19.4. The highest BCUT2D eigenvalue weighted by Crippen LogP contribution is 2.27. The number of nitrogens with zero attached hydrogens (tertiary/aromatic N) is 5. The third-order valence-corrected chi connectivity index (χ3v) is 3.87. The average Bonchev–Trinajstić information content (AvgIpc) is 2.97. The second-order valence-corrected chi connectivity index (χ2v) is 5.69. The zero-order valence-corrected chi connectivity index (χ0v) is 13.5. The first kappa shape index (κ1) is 16.9. The summed E-state index contributed by atoms with van der Waals surface area (Å²) in [5, 5.41) is 6.63. The van der Waals surface area contributed by atoms with Crippen LogP contribution >= 0.6 is 0 Å². The number of fused-ring (bicyclic) bond motifs is 1. The van der Waals surface area contributed by atoms with Crippen LogP contribution in [0.2, 0.25) is 0 Å². The first-order chi connectivity index (χ1) is 11.4. The molecule has 2 aromatic rings. The molecule has 1 fully saturated rings. The van der Waals surface area contributed by atoms with E-state index in [0.717, 1.165) is 24.1 Å². The van der Waals surface area contributed by atoms with E-state index in [9.17, 15) is 13.2 Å². The van der Waals surface area contributed by atoms with Gasteiger partial charge in [-0.3, -0.25) is 4.90 Å². The van der Waals surface area contributed by atoms with Crippen LogP contribution in [0.5, 0.6) is 0 Å². The number of rotatable bonds is 4. The lowest BCUT2D eigenvalue weighted by molar-refractivity contribution is -0.144. The van der Waals surface area contributed by atoms with Crippen molar-refractivity contribution in [3.63, 3.8) is 0 Å². The van der Waals surface area contributed by atoms with E-state index < -0.39 is 12.0 Å². The van der Waals surface area contributed by atoms with Gasteiger partial charge < -0.3 is 10.1 Å². The van der Waals surface area contributed by atoms with Gasteiger partial charge in [0.2, 0.25) is 0 Å². The molecule has 0 aliphatic carbocycles. The predicted molar refractivity (Wildman–Crippen MR) is 80.9 cm³/mol. The normalized spacial score (nSPS) is 19.8. The van der Waals surface area contributed by atoms with Gasteiger partial charge in [0.1, 0.15) is 5.82 Å². The molecule has 1 aliphatic heterocycles. The molecule has 1 N–H and O–H groups in total. The van der Waals surface area contributed by atoms with Gasteiger partial charge in [-0.05, 0) is 13.5 Å². The van der Waals surface area contributed by atoms with Crippen LogP contribution in [0.25, 0.3) is 5.78 Å². The molecule has 3 heterocycles. The number of morpholine rings is 1. The quantitative estimate of drug-likeness (QED) is 0.908. The molecule has 10 heteroatoms. The summed E-state index contributed by atoms with van der Waals surface area (Å²) in [6, 6.07) is 1.64. The van der Waals surface area contributed by atoms with Crippen molar-refractivity contribution in [3.8, 4) is 0 Å². The average molecular weight is 344 g/mol. The van der Waals surface area contributed by atoms with Gasteiger partial charge in [-0.15, -0.1) is 5.10 Å². The number of likely N-dealkylation sites (N-methyl/N-ethyl adjacent to an activating group) is 1. The third kappa shape index (κ3) is 3.59. The van der Waals surface area contributed by atoms with Crippen molar-refractivity contribution in [2.24, 2.45) is 0 Å². The number of nitrogens with one attached hydrogen (secondary N) is 1. The minimum absolute atomic E-state index is 0.0344. The Kier molecular flexibility index (Phi) is 4.59. The third-order valence-electron chi connectivity index (χ3n) is 3.87. The van der Waals surface area contributed by atoms with Crippen LogP contribution in [0, 0.1) is 6.92 Å². The van der Waals surface area contributed by atoms with Gasteiger partial charge in [0.05, 0.1) is 12.7 Å². The Bertz CT molecular complexity index is 716. The fourth-order valence-electron chi connectivity index (χ4n) is 2.64. The Balaban J connectivity index is 1.79. The maximum atomic E-state index is 12.8. The van der Waals surface area contributed by atoms with E-state index in [1.165, 1.54) is 0 Å². The summed E-state index contributed by atoms with van der Waals surface area (Å²) in [4.78, 5) is 9.73. The van der Waals surface area contributed by atoms with Crippen molar-refractivity contribution in [1.82, 2.24) is 24.5 Å². The molecule has 0 amide bonds. The fraction of sp³-hybridized carbons (Fsp3) is 0.643. The van der Waals surface area contributed by atoms with Crippen molar-refractivity contribution in [2.45, 2.75) is 26.1 Å². The Morgan fingerprint density at radius 3 is 2.88 bits per heavy atom.